The highest BCUT2D eigenvalue weighted by atomic mass is 79.9. The molecule has 6 heteroatoms. The minimum Gasteiger partial charge on any atom is -0.312 e. The van der Waals surface area contributed by atoms with Crippen LogP contribution in [0.25, 0.3) is 0 Å². The van der Waals surface area contributed by atoms with Gasteiger partial charge in [-0.05, 0) is 58.7 Å². The average molecular weight is 360 g/mol. The normalized spacial score (nSPS) is 14.2. The summed E-state index contributed by atoms with van der Waals surface area (Å²) in [4.78, 5) is 29.7. The van der Waals surface area contributed by atoms with Gasteiger partial charge in [-0.25, -0.2) is 4.98 Å². The van der Waals surface area contributed by atoms with Crippen LogP contribution in [0.1, 0.15) is 23.2 Å². The zero-order chi connectivity index (χ0) is 15.5. The molecule has 22 heavy (non-hydrogen) atoms. The summed E-state index contributed by atoms with van der Waals surface area (Å²) in [5.74, 6) is 0.400. The zero-order valence-corrected chi connectivity index (χ0v) is 13.3. The Balaban J connectivity index is 1.70. The highest BCUT2D eigenvalue weighted by Crippen LogP contribution is 2.22. The number of hydrogen-bond acceptors (Lipinski definition) is 3. The number of carbonyl (C=O) groups excluding carboxylic acids is 2. The van der Waals surface area contributed by atoms with Crippen molar-refractivity contribution in [2.75, 3.05) is 16.8 Å². The maximum absolute atomic E-state index is 12.2. The Bertz CT molecular complexity index is 698. The molecule has 1 saturated heterocycles. The van der Waals surface area contributed by atoms with Crippen molar-refractivity contribution < 1.29 is 9.59 Å². The summed E-state index contributed by atoms with van der Waals surface area (Å²) in [6.07, 6.45) is 3.10. The first-order chi connectivity index (χ1) is 10.6. The van der Waals surface area contributed by atoms with Crippen LogP contribution >= 0.6 is 15.9 Å². The van der Waals surface area contributed by atoms with Gasteiger partial charge in [-0.2, -0.15) is 0 Å². The number of carbonyl (C=O) groups is 2. The molecule has 2 heterocycles. The van der Waals surface area contributed by atoms with Crippen molar-refractivity contribution in [3.8, 4) is 0 Å². The van der Waals surface area contributed by atoms with E-state index >= 15 is 0 Å². The maximum Gasteiger partial charge on any atom is 0.256 e. The van der Waals surface area contributed by atoms with E-state index in [1.807, 2.05) is 6.07 Å². The molecule has 3 rings (SSSR count). The van der Waals surface area contributed by atoms with E-state index in [-0.39, 0.29) is 11.8 Å². The van der Waals surface area contributed by atoms with E-state index in [1.165, 1.54) is 0 Å². The Morgan fingerprint density at radius 3 is 2.55 bits per heavy atom. The molecule has 0 saturated carbocycles. The summed E-state index contributed by atoms with van der Waals surface area (Å²) in [6.45, 7) is 0.743. The predicted octanol–water partition coefficient (Wildman–Crippen LogP) is 3.22. The van der Waals surface area contributed by atoms with E-state index in [0.717, 1.165) is 23.1 Å². The molecule has 0 radical (unpaired) electrons. The minimum atomic E-state index is -0.228. The van der Waals surface area contributed by atoms with Gasteiger partial charge in [0.1, 0.15) is 5.82 Å². The van der Waals surface area contributed by atoms with Gasteiger partial charge in [0, 0.05) is 34.9 Å². The largest absolute Gasteiger partial charge is 0.312 e. The third kappa shape index (κ3) is 3.17. The number of halogens is 1. The highest BCUT2D eigenvalue weighted by Gasteiger charge is 2.21. The number of nitrogens with one attached hydrogen (secondary N) is 1. The van der Waals surface area contributed by atoms with Gasteiger partial charge in [0.2, 0.25) is 5.91 Å². The third-order valence-corrected chi connectivity index (χ3v) is 3.95. The van der Waals surface area contributed by atoms with Crippen molar-refractivity contribution >= 4 is 39.2 Å². The Morgan fingerprint density at radius 1 is 1.18 bits per heavy atom. The maximum atomic E-state index is 12.2. The number of aromatic nitrogens is 1. The van der Waals surface area contributed by atoms with E-state index in [9.17, 15) is 9.59 Å². The molecule has 2 aromatic rings. The monoisotopic (exact) mass is 359 g/mol. The Morgan fingerprint density at radius 2 is 1.95 bits per heavy atom. The lowest BCUT2D eigenvalue weighted by Gasteiger charge is -2.15. The average Bonchev–Trinajstić information content (AvgIpc) is 2.96. The Hall–Kier alpha value is -2.21. The van der Waals surface area contributed by atoms with E-state index in [0.29, 0.717) is 17.8 Å². The van der Waals surface area contributed by atoms with Crippen LogP contribution < -0.4 is 10.2 Å². The van der Waals surface area contributed by atoms with Crippen LogP contribution in [0, 0.1) is 0 Å². The fourth-order valence-electron chi connectivity index (χ4n) is 2.35. The number of rotatable bonds is 3. The fraction of sp³-hybridized carbons (Fsp3) is 0.188. The fourth-order valence-corrected chi connectivity index (χ4v) is 2.59. The van der Waals surface area contributed by atoms with Gasteiger partial charge in [0.15, 0.2) is 0 Å². The van der Waals surface area contributed by atoms with Crippen LogP contribution in [0.15, 0.2) is 47.1 Å². The van der Waals surface area contributed by atoms with Crippen molar-refractivity contribution in [3.63, 3.8) is 0 Å². The molecule has 5 nitrogen and oxygen atoms in total. The van der Waals surface area contributed by atoms with E-state index in [4.69, 9.17) is 0 Å². The molecule has 2 amide bonds. The molecule has 0 bridgehead atoms. The molecular weight excluding hydrogens is 346 g/mol. The van der Waals surface area contributed by atoms with Gasteiger partial charge >= 0.3 is 0 Å². The van der Waals surface area contributed by atoms with Gasteiger partial charge in [0.05, 0.1) is 0 Å². The van der Waals surface area contributed by atoms with Crippen LogP contribution in [0.3, 0.4) is 0 Å². The quantitative estimate of drug-likeness (QED) is 0.914. The van der Waals surface area contributed by atoms with Gasteiger partial charge in [-0.15, -0.1) is 0 Å². The summed E-state index contributed by atoms with van der Waals surface area (Å²) in [5, 5.41) is 2.73. The standard InChI is InChI=1S/C16H14BrN3O2/c17-12-5-8-14(18-10-12)19-16(22)11-3-6-13(7-4-11)20-9-1-2-15(20)21/h3-8,10H,1-2,9H2,(H,18,19,22). The molecule has 1 aliphatic rings. The smallest absolute Gasteiger partial charge is 0.256 e. The van der Waals surface area contributed by atoms with Crippen LogP contribution in [-0.4, -0.2) is 23.3 Å². The first-order valence-corrected chi connectivity index (χ1v) is 7.76. The number of nitrogens with zero attached hydrogens (tertiary/aromatic N) is 2. The Kier molecular flexibility index (Phi) is 4.20. The van der Waals surface area contributed by atoms with E-state index < -0.39 is 0 Å². The Labute approximate surface area is 136 Å². The van der Waals surface area contributed by atoms with Crippen LogP contribution in [0.4, 0.5) is 11.5 Å². The van der Waals surface area contributed by atoms with Crippen molar-refractivity contribution in [2.24, 2.45) is 0 Å². The lowest BCUT2D eigenvalue weighted by atomic mass is 10.2. The number of hydrogen-bond donors (Lipinski definition) is 1. The molecule has 1 N–H and O–H groups in total. The lowest BCUT2D eigenvalue weighted by Crippen LogP contribution is -2.23. The summed E-state index contributed by atoms with van der Waals surface area (Å²) in [6, 6.07) is 10.6. The lowest BCUT2D eigenvalue weighted by molar-refractivity contribution is -0.117. The molecule has 0 unspecified atom stereocenters. The second-order valence-electron chi connectivity index (χ2n) is 5.01. The van der Waals surface area contributed by atoms with Crippen molar-refractivity contribution in [2.45, 2.75) is 12.8 Å². The van der Waals surface area contributed by atoms with Gasteiger partial charge < -0.3 is 10.2 Å². The summed E-state index contributed by atoms with van der Waals surface area (Å²) in [7, 11) is 0. The van der Waals surface area contributed by atoms with Gasteiger partial charge in [-0.3, -0.25) is 9.59 Å². The molecule has 112 valence electrons. The summed E-state index contributed by atoms with van der Waals surface area (Å²) in [5.41, 5.74) is 1.36. The SMILES string of the molecule is O=C(Nc1ccc(Br)cn1)c1ccc(N2CCCC2=O)cc1. The molecule has 1 aromatic heterocycles. The van der Waals surface area contributed by atoms with Crippen molar-refractivity contribution in [1.29, 1.82) is 0 Å². The number of benzene rings is 1. The molecule has 0 aliphatic carbocycles. The van der Waals surface area contributed by atoms with Gasteiger partial charge in [-0.1, -0.05) is 0 Å². The third-order valence-electron chi connectivity index (χ3n) is 3.48. The van der Waals surface area contributed by atoms with Crippen LogP contribution in [0.2, 0.25) is 0 Å². The number of pyridine rings is 1. The number of anilines is 2. The van der Waals surface area contributed by atoms with Crippen molar-refractivity contribution in [1.82, 2.24) is 4.98 Å². The summed E-state index contributed by atoms with van der Waals surface area (Å²) < 4.78 is 0.852. The second kappa shape index (κ2) is 6.27. The van der Waals surface area contributed by atoms with E-state index in [2.05, 4.69) is 26.2 Å². The zero-order valence-electron chi connectivity index (χ0n) is 11.8. The first kappa shape index (κ1) is 14.7. The van der Waals surface area contributed by atoms with Crippen LogP contribution in [-0.2, 0) is 4.79 Å². The minimum absolute atomic E-state index is 0.135. The highest BCUT2D eigenvalue weighted by molar-refractivity contribution is 9.10. The molecule has 1 aliphatic heterocycles. The second-order valence-corrected chi connectivity index (χ2v) is 5.93. The van der Waals surface area contributed by atoms with Gasteiger partial charge in [0.25, 0.3) is 5.91 Å². The number of amides is 2. The molecular formula is C16H14BrN3O2. The first-order valence-electron chi connectivity index (χ1n) is 6.97. The van der Waals surface area contributed by atoms with E-state index in [1.54, 1.807) is 41.4 Å². The van der Waals surface area contributed by atoms with Crippen LogP contribution in [0.5, 0.6) is 0 Å². The summed E-state index contributed by atoms with van der Waals surface area (Å²) >= 11 is 3.29. The molecule has 0 atom stereocenters. The molecule has 1 aromatic carbocycles. The van der Waals surface area contributed by atoms with Crippen molar-refractivity contribution in [3.05, 3.63) is 52.6 Å². The molecule has 1 fully saturated rings. The molecule has 0 spiro atoms. The topological polar surface area (TPSA) is 62.3 Å². The predicted molar refractivity (Wildman–Crippen MR) is 87.9 cm³/mol.